The van der Waals surface area contributed by atoms with Crippen LogP contribution in [0.2, 0.25) is 0 Å². The van der Waals surface area contributed by atoms with Crippen molar-refractivity contribution in [1.29, 1.82) is 5.26 Å². The molecule has 0 saturated carbocycles. The number of fused-ring (bicyclic) bond motifs is 1. The third kappa shape index (κ3) is 3.88. The Labute approximate surface area is 192 Å². The van der Waals surface area contributed by atoms with E-state index in [4.69, 9.17) is 10.5 Å². The van der Waals surface area contributed by atoms with Gasteiger partial charge in [-0.1, -0.05) is 24.3 Å². The summed E-state index contributed by atoms with van der Waals surface area (Å²) >= 11 is 1.06. The van der Waals surface area contributed by atoms with Gasteiger partial charge >= 0.3 is 5.97 Å². The number of benzene rings is 2. The minimum absolute atomic E-state index is 0.0292. The Kier molecular flexibility index (Phi) is 5.77. The number of nitrogens with zero attached hydrogens (tertiary/aromatic N) is 2. The van der Waals surface area contributed by atoms with Crippen LogP contribution in [0.15, 0.2) is 58.9 Å². The smallest absolute Gasteiger partial charge is 0.338 e. The van der Waals surface area contributed by atoms with E-state index < -0.39 is 17.4 Å². The SMILES string of the molecule is CCOC(=O)C1=c2s/c(=C/c3ccc(O)cc3)c(=O)n2C(N)=C(C#N)C1c1ccc(O)cc1. The molecule has 166 valence electrons. The number of phenolic OH excluding ortho intramolecular Hbond substituents is 2. The number of carbonyl (C=O) groups excluding carboxylic acids is 1. The molecule has 9 heteroatoms. The van der Waals surface area contributed by atoms with Gasteiger partial charge in [0.1, 0.15) is 22.0 Å². The van der Waals surface area contributed by atoms with E-state index in [-0.39, 0.29) is 39.7 Å². The van der Waals surface area contributed by atoms with Crippen LogP contribution in [0.25, 0.3) is 17.5 Å². The molecule has 0 radical (unpaired) electrons. The van der Waals surface area contributed by atoms with Crippen LogP contribution in [0.3, 0.4) is 0 Å². The molecule has 1 atom stereocenters. The van der Waals surface area contributed by atoms with Gasteiger partial charge < -0.3 is 20.7 Å². The van der Waals surface area contributed by atoms with Crippen molar-refractivity contribution >= 4 is 34.8 Å². The number of allylic oxidation sites excluding steroid dienone is 1. The average Bonchev–Trinajstić information content (AvgIpc) is 3.11. The molecule has 8 nitrogen and oxygen atoms in total. The largest absolute Gasteiger partial charge is 0.508 e. The van der Waals surface area contributed by atoms with Gasteiger partial charge in [0.15, 0.2) is 0 Å². The molecule has 3 aromatic rings. The van der Waals surface area contributed by atoms with Crippen molar-refractivity contribution in [2.24, 2.45) is 5.73 Å². The zero-order valence-corrected chi connectivity index (χ0v) is 18.3. The number of esters is 1. The van der Waals surface area contributed by atoms with E-state index in [0.717, 1.165) is 11.3 Å². The number of ether oxygens (including phenoxy) is 1. The number of nitriles is 1. The summed E-state index contributed by atoms with van der Waals surface area (Å²) in [4.78, 5) is 26.3. The van der Waals surface area contributed by atoms with E-state index in [1.165, 1.54) is 28.8 Å². The highest BCUT2D eigenvalue weighted by Crippen LogP contribution is 2.37. The molecule has 0 saturated heterocycles. The molecule has 1 aromatic heterocycles. The summed E-state index contributed by atoms with van der Waals surface area (Å²) in [6.07, 6.45) is 1.62. The summed E-state index contributed by atoms with van der Waals surface area (Å²) in [5.74, 6) is -1.47. The van der Waals surface area contributed by atoms with Crippen LogP contribution >= 0.6 is 11.3 Å². The quantitative estimate of drug-likeness (QED) is 0.498. The maximum Gasteiger partial charge on any atom is 0.338 e. The molecule has 1 aliphatic heterocycles. The molecule has 2 aromatic carbocycles. The lowest BCUT2D eigenvalue weighted by Crippen LogP contribution is -2.40. The minimum Gasteiger partial charge on any atom is -0.508 e. The van der Waals surface area contributed by atoms with Crippen LogP contribution in [0, 0.1) is 11.3 Å². The number of nitrogens with two attached hydrogens (primary N) is 1. The van der Waals surface area contributed by atoms with Gasteiger partial charge in [0.25, 0.3) is 5.56 Å². The summed E-state index contributed by atoms with van der Waals surface area (Å²) < 4.78 is 7.01. The first kappa shape index (κ1) is 21.9. The molecule has 4 N–H and O–H groups in total. The molecule has 0 fully saturated rings. The monoisotopic (exact) mass is 461 g/mol. The maximum atomic E-state index is 13.2. The van der Waals surface area contributed by atoms with Crippen molar-refractivity contribution in [2.75, 3.05) is 6.61 Å². The fourth-order valence-electron chi connectivity index (χ4n) is 3.68. The lowest BCUT2D eigenvalue weighted by molar-refractivity contribution is -0.136. The van der Waals surface area contributed by atoms with E-state index in [0.29, 0.717) is 15.7 Å². The molecule has 2 heterocycles. The predicted molar refractivity (Wildman–Crippen MR) is 123 cm³/mol. The van der Waals surface area contributed by atoms with Crippen LogP contribution in [-0.4, -0.2) is 27.4 Å². The Hall–Kier alpha value is -4.29. The molecular weight excluding hydrogens is 442 g/mol. The van der Waals surface area contributed by atoms with Crippen molar-refractivity contribution in [2.45, 2.75) is 12.8 Å². The van der Waals surface area contributed by atoms with Crippen LogP contribution in [-0.2, 0) is 9.53 Å². The second kappa shape index (κ2) is 8.68. The second-order valence-corrected chi connectivity index (χ2v) is 8.25. The van der Waals surface area contributed by atoms with Gasteiger partial charge in [-0.15, -0.1) is 11.3 Å². The van der Waals surface area contributed by atoms with Crippen molar-refractivity contribution in [1.82, 2.24) is 4.57 Å². The van der Waals surface area contributed by atoms with Crippen LogP contribution in [0.4, 0.5) is 0 Å². The first-order chi connectivity index (χ1) is 15.8. The van der Waals surface area contributed by atoms with E-state index in [1.54, 1.807) is 37.3 Å². The Morgan fingerprint density at radius 3 is 2.36 bits per heavy atom. The number of thiazole rings is 1. The fraction of sp³-hybridized carbons (Fsp3) is 0.125. The molecular formula is C24H19N3O5S. The van der Waals surface area contributed by atoms with E-state index in [2.05, 4.69) is 0 Å². The van der Waals surface area contributed by atoms with Crippen molar-refractivity contribution in [3.8, 4) is 17.6 Å². The minimum atomic E-state index is -0.866. The van der Waals surface area contributed by atoms with Gasteiger partial charge in [0.2, 0.25) is 0 Å². The molecule has 33 heavy (non-hydrogen) atoms. The molecule has 1 aliphatic rings. The zero-order valence-electron chi connectivity index (χ0n) is 17.5. The molecule has 4 rings (SSSR count). The highest BCUT2D eigenvalue weighted by molar-refractivity contribution is 7.07. The fourth-order valence-corrected chi connectivity index (χ4v) is 4.84. The Morgan fingerprint density at radius 1 is 1.18 bits per heavy atom. The molecule has 0 aliphatic carbocycles. The van der Waals surface area contributed by atoms with Gasteiger partial charge in [0.05, 0.1) is 34.3 Å². The number of aromatic hydroxyl groups is 2. The standard InChI is InChI=1S/C24H19N3O5S/c1-2-32-24(31)20-19(14-5-9-16(29)10-6-14)17(12-25)21(26)27-22(30)18(33-23(20)27)11-13-3-7-15(28)8-4-13/h3-11,19,28-29H,2,26H2,1H3/b18-11+. The lowest BCUT2D eigenvalue weighted by Gasteiger charge is -2.24. The number of rotatable bonds is 4. The highest BCUT2D eigenvalue weighted by Gasteiger charge is 2.36. The lowest BCUT2D eigenvalue weighted by atomic mass is 9.84. The number of phenols is 2. The third-order valence-corrected chi connectivity index (χ3v) is 6.29. The maximum absolute atomic E-state index is 13.2. The number of aromatic nitrogens is 1. The summed E-state index contributed by atoms with van der Waals surface area (Å²) in [6, 6.07) is 14.4. The first-order valence-corrected chi connectivity index (χ1v) is 10.8. The van der Waals surface area contributed by atoms with Gasteiger partial charge in [-0.05, 0) is 48.4 Å². The summed E-state index contributed by atoms with van der Waals surface area (Å²) in [5, 5.41) is 29.1. The summed E-state index contributed by atoms with van der Waals surface area (Å²) in [6.45, 7) is 1.77. The first-order valence-electron chi connectivity index (χ1n) is 9.98. The molecule has 0 bridgehead atoms. The third-order valence-electron chi connectivity index (χ3n) is 5.18. The van der Waals surface area contributed by atoms with Crippen molar-refractivity contribution < 1.29 is 19.7 Å². The summed E-state index contributed by atoms with van der Waals surface area (Å²) in [7, 11) is 0. The topological polar surface area (TPSA) is 139 Å². The van der Waals surface area contributed by atoms with Crippen LogP contribution in [0.5, 0.6) is 11.5 Å². The highest BCUT2D eigenvalue weighted by atomic mass is 32.1. The molecule has 0 spiro atoms. The van der Waals surface area contributed by atoms with Crippen molar-refractivity contribution in [3.05, 3.63) is 84.8 Å². The van der Waals surface area contributed by atoms with Gasteiger partial charge in [-0.25, -0.2) is 4.79 Å². The Morgan fingerprint density at radius 2 is 1.79 bits per heavy atom. The number of carbonyl (C=O) groups is 1. The predicted octanol–water partition coefficient (Wildman–Crippen LogP) is 1.31. The van der Waals surface area contributed by atoms with Gasteiger partial charge in [-0.2, -0.15) is 5.26 Å². The second-order valence-electron chi connectivity index (χ2n) is 7.22. The number of hydrogen-bond donors (Lipinski definition) is 3. The summed E-state index contributed by atoms with van der Waals surface area (Å²) in [5.41, 5.74) is 7.19. The number of hydrogen-bond acceptors (Lipinski definition) is 8. The normalized spacial score (nSPS) is 15.8. The van der Waals surface area contributed by atoms with Crippen LogP contribution in [0.1, 0.15) is 24.0 Å². The molecule has 0 amide bonds. The Balaban J connectivity index is 2.08. The average molecular weight is 461 g/mol. The van der Waals surface area contributed by atoms with E-state index >= 15 is 0 Å². The van der Waals surface area contributed by atoms with Crippen LogP contribution < -0.4 is 20.5 Å². The van der Waals surface area contributed by atoms with Gasteiger partial charge in [0, 0.05) is 0 Å². The zero-order chi connectivity index (χ0) is 23.7. The van der Waals surface area contributed by atoms with E-state index in [9.17, 15) is 25.1 Å². The van der Waals surface area contributed by atoms with Gasteiger partial charge in [-0.3, -0.25) is 9.36 Å². The van der Waals surface area contributed by atoms with E-state index in [1.807, 2.05) is 6.07 Å². The van der Waals surface area contributed by atoms with Crippen molar-refractivity contribution in [3.63, 3.8) is 0 Å². The Bertz CT molecular complexity index is 1490. The molecule has 1 unspecified atom stereocenters.